The predicted octanol–water partition coefficient (Wildman–Crippen LogP) is 3.63. The van der Waals surface area contributed by atoms with Crippen molar-refractivity contribution in [1.82, 2.24) is 5.32 Å². The highest BCUT2D eigenvalue weighted by molar-refractivity contribution is 6.35. The number of aliphatic hydroxyl groups is 1. The van der Waals surface area contributed by atoms with Gasteiger partial charge in [0.15, 0.2) is 0 Å². The van der Waals surface area contributed by atoms with Gasteiger partial charge in [-0.1, -0.05) is 29.3 Å². The van der Waals surface area contributed by atoms with Gasteiger partial charge in [-0.3, -0.25) is 0 Å². The maximum atomic E-state index is 10.0. The number of halogens is 2. The van der Waals surface area contributed by atoms with Crippen molar-refractivity contribution in [3.8, 4) is 0 Å². The molecule has 0 aliphatic carbocycles. The Hall–Kier alpha value is -0.280. The Morgan fingerprint density at radius 1 is 1.12 bits per heavy atom. The summed E-state index contributed by atoms with van der Waals surface area (Å²) in [6.07, 6.45) is 0. The SMILES string of the molecule is CC(C)(O)C(C)(C)NCc1c(Cl)cccc1Cl. The Kier molecular flexibility index (Phi) is 4.48. The molecule has 0 saturated carbocycles. The summed E-state index contributed by atoms with van der Waals surface area (Å²) in [5, 5.41) is 14.6. The largest absolute Gasteiger partial charge is 0.389 e. The van der Waals surface area contributed by atoms with Crippen LogP contribution in [-0.2, 0) is 6.54 Å². The van der Waals surface area contributed by atoms with Crippen LogP contribution in [0.1, 0.15) is 33.3 Å². The Labute approximate surface area is 113 Å². The molecule has 2 nitrogen and oxygen atoms in total. The summed E-state index contributed by atoms with van der Waals surface area (Å²) >= 11 is 12.2. The first-order chi connectivity index (χ1) is 7.65. The number of benzene rings is 1. The predicted molar refractivity (Wildman–Crippen MR) is 73.7 cm³/mol. The number of nitrogens with one attached hydrogen (secondary N) is 1. The normalized spacial score (nSPS) is 12.9. The molecule has 0 amide bonds. The molecule has 1 rings (SSSR count). The highest BCUT2D eigenvalue weighted by Gasteiger charge is 2.34. The lowest BCUT2D eigenvalue weighted by Crippen LogP contribution is -2.55. The molecule has 0 aromatic heterocycles. The molecule has 0 saturated heterocycles. The van der Waals surface area contributed by atoms with E-state index >= 15 is 0 Å². The van der Waals surface area contributed by atoms with Crippen LogP contribution in [0, 0.1) is 0 Å². The van der Waals surface area contributed by atoms with Crippen LogP contribution in [0.15, 0.2) is 18.2 Å². The van der Waals surface area contributed by atoms with Gasteiger partial charge < -0.3 is 10.4 Å². The molecule has 0 heterocycles. The first-order valence-corrected chi connectivity index (χ1v) is 6.31. The molecule has 17 heavy (non-hydrogen) atoms. The van der Waals surface area contributed by atoms with Crippen molar-refractivity contribution in [2.75, 3.05) is 0 Å². The van der Waals surface area contributed by atoms with E-state index in [2.05, 4.69) is 5.32 Å². The van der Waals surface area contributed by atoms with Crippen molar-refractivity contribution >= 4 is 23.2 Å². The minimum Gasteiger partial charge on any atom is -0.389 e. The number of rotatable bonds is 4. The number of hydrogen-bond donors (Lipinski definition) is 2. The minimum absolute atomic E-state index is 0.435. The Morgan fingerprint density at radius 3 is 2.00 bits per heavy atom. The van der Waals surface area contributed by atoms with E-state index in [9.17, 15) is 5.11 Å². The van der Waals surface area contributed by atoms with Gasteiger partial charge in [-0.05, 0) is 39.8 Å². The van der Waals surface area contributed by atoms with Crippen LogP contribution in [0.3, 0.4) is 0 Å². The van der Waals surface area contributed by atoms with Gasteiger partial charge in [0.1, 0.15) is 0 Å². The van der Waals surface area contributed by atoms with Crippen molar-refractivity contribution in [1.29, 1.82) is 0 Å². The third-order valence-electron chi connectivity index (χ3n) is 3.30. The molecule has 4 heteroatoms. The van der Waals surface area contributed by atoms with E-state index in [4.69, 9.17) is 23.2 Å². The minimum atomic E-state index is -0.833. The first kappa shape index (κ1) is 14.8. The maximum Gasteiger partial charge on any atom is 0.0767 e. The second kappa shape index (κ2) is 5.15. The molecule has 0 radical (unpaired) electrons. The maximum absolute atomic E-state index is 10.0. The highest BCUT2D eigenvalue weighted by atomic mass is 35.5. The van der Waals surface area contributed by atoms with E-state index in [0.717, 1.165) is 5.56 Å². The zero-order valence-corrected chi connectivity index (χ0v) is 12.2. The fourth-order valence-electron chi connectivity index (χ4n) is 1.23. The van der Waals surface area contributed by atoms with Crippen molar-refractivity contribution in [2.24, 2.45) is 0 Å². The quantitative estimate of drug-likeness (QED) is 0.880. The fraction of sp³-hybridized carbons (Fsp3) is 0.538. The van der Waals surface area contributed by atoms with Crippen LogP contribution in [-0.4, -0.2) is 16.2 Å². The zero-order valence-electron chi connectivity index (χ0n) is 10.6. The van der Waals surface area contributed by atoms with E-state index in [-0.39, 0.29) is 0 Å². The summed E-state index contributed by atoms with van der Waals surface area (Å²) in [5.41, 5.74) is -0.413. The lowest BCUT2D eigenvalue weighted by Gasteiger charge is -2.38. The van der Waals surface area contributed by atoms with E-state index in [1.165, 1.54) is 0 Å². The number of hydrogen-bond acceptors (Lipinski definition) is 2. The molecular formula is C13H19Cl2NO. The van der Waals surface area contributed by atoms with Gasteiger partial charge in [0.05, 0.1) is 5.60 Å². The van der Waals surface area contributed by atoms with Crippen molar-refractivity contribution < 1.29 is 5.11 Å². The standard InChI is InChI=1S/C13H19Cl2NO/c1-12(2,13(3,4)17)16-8-9-10(14)6-5-7-11(9)15/h5-7,16-17H,8H2,1-4H3. The van der Waals surface area contributed by atoms with Gasteiger partial charge in [-0.15, -0.1) is 0 Å². The average molecular weight is 276 g/mol. The average Bonchev–Trinajstić information content (AvgIpc) is 2.15. The van der Waals surface area contributed by atoms with E-state index in [0.29, 0.717) is 16.6 Å². The van der Waals surface area contributed by atoms with Gasteiger partial charge in [0.2, 0.25) is 0 Å². The molecule has 96 valence electrons. The van der Waals surface area contributed by atoms with Crippen LogP contribution in [0.4, 0.5) is 0 Å². The summed E-state index contributed by atoms with van der Waals surface area (Å²) < 4.78 is 0. The van der Waals surface area contributed by atoms with Crippen molar-refractivity contribution in [2.45, 2.75) is 45.4 Å². The van der Waals surface area contributed by atoms with E-state index in [1.54, 1.807) is 13.8 Å². The van der Waals surface area contributed by atoms with Crippen LogP contribution >= 0.6 is 23.2 Å². The molecular weight excluding hydrogens is 257 g/mol. The van der Waals surface area contributed by atoms with Crippen LogP contribution in [0.5, 0.6) is 0 Å². The fourth-order valence-corrected chi connectivity index (χ4v) is 1.76. The second-order valence-electron chi connectivity index (χ2n) is 5.24. The topological polar surface area (TPSA) is 32.3 Å². The van der Waals surface area contributed by atoms with Gasteiger partial charge in [0.25, 0.3) is 0 Å². The van der Waals surface area contributed by atoms with Crippen LogP contribution < -0.4 is 5.32 Å². The third-order valence-corrected chi connectivity index (χ3v) is 4.01. The first-order valence-electron chi connectivity index (χ1n) is 5.55. The summed E-state index contributed by atoms with van der Waals surface area (Å²) in [7, 11) is 0. The molecule has 0 aliphatic rings. The van der Waals surface area contributed by atoms with Gasteiger partial charge in [-0.2, -0.15) is 0 Å². The Balaban J connectivity index is 2.81. The molecule has 2 N–H and O–H groups in total. The van der Waals surface area contributed by atoms with Gasteiger partial charge >= 0.3 is 0 Å². The van der Waals surface area contributed by atoms with Crippen LogP contribution in [0.2, 0.25) is 10.0 Å². The molecule has 1 aromatic carbocycles. The van der Waals surface area contributed by atoms with Crippen molar-refractivity contribution in [3.05, 3.63) is 33.8 Å². The zero-order chi connectivity index (χ0) is 13.3. The summed E-state index contributed by atoms with van der Waals surface area (Å²) in [6.45, 7) is 7.95. The van der Waals surface area contributed by atoms with Crippen molar-refractivity contribution in [3.63, 3.8) is 0 Å². The molecule has 1 aromatic rings. The Morgan fingerprint density at radius 2 is 1.59 bits per heavy atom. The molecule has 0 atom stereocenters. The lowest BCUT2D eigenvalue weighted by atomic mass is 9.86. The van der Waals surface area contributed by atoms with Gasteiger partial charge in [-0.25, -0.2) is 0 Å². The molecule has 0 unspecified atom stereocenters. The second-order valence-corrected chi connectivity index (χ2v) is 6.05. The monoisotopic (exact) mass is 275 g/mol. The lowest BCUT2D eigenvalue weighted by molar-refractivity contribution is -0.00531. The summed E-state index contributed by atoms with van der Waals surface area (Å²) in [6, 6.07) is 5.43. The van der Waals surface area contributed by atoms with E-state index < -0.39 is 11.1 Å². The summed E-state index contributed by atoms with van der Waals surface area (Å²) in [5.74, 6) is 0. The third kappa shape index (κ3) is 3.59. The molecule has 0 aliphatic heterocycles. The van der Waals surface area contributed by atoms with Crippen LogP contribution in [0.25, 0.3) is 0 Å². The summed E-state index contributed by atoms with van der Waals surface area (Å²) in [4.78, 5) is 0. The van der Waals surface area contributed by atoms with Gasteiger partial charge in [0, 0.05) is 27.7 Å². The van der Waals surface area contributed by atoms with E-state index in [1.807, 2.05) is 32.0 Å². The smallest absolute Gasteiger partial charge is 0.0767 e. The Bertz CT molecular complexity index is 377. The highest BCUT2D eigenvalue weighted by Crippen LogP contribution is 2.26. The molecule has 0 spiro atoms. The molecule has 0 bridgehead atoms. The molecule has 0 fully saturated rings.